The molecule has 79 valence electrons. The van der Waals surface area contributed by atoms with Crippen LogP contribution >= 0.6 is 0 Å². The van der Waals surface area contributed by atoms with Crippen LogP contribution < -0.4 is 0 Å². The van der Waals surface area contributed by atoms with Crippen molar-refractivity contribution in [3.63, 3.8) is 0 Å². The zero-order chi connectivity index (χ0) is 10.2. The van der Waals surface area contributed by atoms with Crippen LogP contribution in [0.5, 0.6) is 0 Å². The summed E-state index contributed by atoms with van der Waals surface area (Å²) in [6.07, 6.45) is 3.04. The fourth-order valence-corrected chi connectivity index (χ4v) is 3.43. The SMILES string of the molecule is [CH2]CC[Si](C)(OCCC)OCCC. The van der Waals surface area contributed by atoms with Crippen LogP contribution in [-0.2, 0) is 8.85 Å². The zero-order valence-corrected chi connectivity index (χ0v) is 10.3. The highest BCUT2D eigenvalue weighted by molar-refractivity contribution is 6.66. The summed E-state index contributed by atoms with van der Waals surface area (Å²) in [4.78, 5) is 0. The normalized spacial score (nSPS) is 12.0. The molecule has 0 amide bonds. The van der Waals surface area contributed by atoms with E-state index in [1.54, 1.807) is 0 Å². The first-order valence-corrected chi connectivity index (χ1v) is 7.78. The largest absolute Gasteiger partial charge is 0.394 e. The summed E-state index contributed by atoms with van der Waals surface area (Å²) >= 11 is 0. The molecule has 0 rings (SSSR count). The van der Waals surface area contributed by atoms with Crippen LogP contribution in [0.15, 0.2) is 0 Å². The van der Waals surface area contributed by atoms with Gasteiger partial charge in [0.2, 0.25) is 0 Å². The van der Waals surface area contributed by atoms with E-state index < -0.39 is 8.56 Å². The summed E-state index contributed by atoms with van der Waals surface area (Å²) in [6, 6.07) is 1.01. The number of rotatable bonds is 8. The van der Waals surface area contributed by atoms with Gasteiger partial charge < -0.3 is 8.85 Å². The lowest BCUT2D eigenvalue weighted by Crippen LogP contribution is -2.39. The molecule has 0 N–H and O–H groups in total. The van der Waals surface area contributed by atoms with Crippen molar-refractivity contribution in [3.05, 3.63) is 6.92 Å². The number of hydrogen-bond acceptors (Lipinski definition) is 2. The molecule has 13 heavy (non-hydrogen) atoms. The van der Waals surface area contributed by atoms with Crippen molar-refractivity contribution in [2.75, 3.05) is 13.2 Å². The fraction of sp³-hybridized carbons (Fsp3) is 0.900. The third-order valence-corrected chi connectivity index (χ3v) is 4.75. The molecule has 1 radical (unpaired) electrons. The molecule has 0 saturated heterocycles. The molecule has 0 aromatic carbocycles. The third-order valence-electron chi connectivity index (χ3n) is 1.85. The Labute approximate surface area is 83.9 Å². The third kappa shape index (κ3) is 6.24. The highest BCUT2D eigenvalue weighted by Gasteiger charge is 2.29. The van der Waals surface area contributed by atoms with Gasteiger partial charge in [0.15, 0.2) is 0 Å². The second-order valence-electron chi connectivity index (χ2n) is 3.43. The smallest absolute Gasteiger partial charge is 0.334 e. The Morgan fingerprint density at radius 1 is 1.08 bits per heavy atom. The maximum atomic E-state index is 5.80. The minimum absolute atomic E-state index is 0.826. The molecule has 0 aliphatic heterocycles. The monoisotopic (exact) mass is 203 g/mol. The lowest BCUT2D eigenvalue weighted by Gasteiger charge is -2.26. The topological polar surface area (TPSA) is 18.5 Å². The molecule has 0 bridgehead atoms. The van der Waals surface area contributed by atoms with E-state index in [1.807, 2.05) is 0 Å². The maximum absolute atomic E-state index is 5.80. The minimum atomic E-state index is -1.85. The van der Waals surface area contributed by atoms with Crippen molar-refractivity contribution in [1.29, 1.82) is 0 Å². The average molecular weight is 203 g/mol. The summed E-state index contributed by atoms with van der Waals surface area (Å²) in [5, 5.41) is 0. The van der Waals surface area contributed by atoms with Crippen molar-refractivity contribution in [2.24, 2.45) is 0 Å². The second-order valence-corrected chi connectivity index (χ2v) is 6.78. The van der Waals surface area contributed by atoms with Gasteiger partial charge in [0.05, 0.1) is 0 Å². The van der Waals surface area contributed by atoms with Gasteiger partial charge in [0.1, 0.15) is 0 Å². The molecule has 0 aliphatic rings. The molecule has 0 fully saturated rings. The van der Waals surface area contributed by atoms with Gasteiger partial charge in [-0.2, -0.15) is 0 Å². The van der Waals surface area contributed by atoms with E-state index in [4.69, 9.17) is 8.85 Å². The summed E-state index contributed by atoms with van der Waals surface area (Å²) in [5.74, 6) is 0. The van der Waals surface area contributed by atoms with Crippen LogP contribution in [0.1, 0.15) is 33.1 Å². The summed E-state index contributed by atoms with van der Waals surface area (Å²) in [7, 11) is -1.85. The van der Waals surface area contributed by atoms with Gasteiger partial charge in [-0.15, -0.1) is 0 Å². The second kappa shape index (κ2) is 7.53. The summed E-state index contributed by atoms with van der Waals surface area (Å²) in [5.41, 5.74) is 0. The molecule has 0 aromatic heterocycles. The minimum Gasteiger partial charge on any atom is -0.394 e. The van der Waals surface area contributed by atoms with Gasteiger partial charge in [-0.1, -0.05) is 27.2 Å². The van der Waals surface area contributed by atoms with E-state index in [0.717, 1.165) is 38.5 Å². The molecule has 3 heteroatoms. The molecule has 0 spiro atoms. The molecule has 0 unspecified atom stereocenters. The molecule has 0 aromatic rings. The molecule has 0 saturated carbocycles. The molecular formula is C10H23O2Si. The Balaban J connectivity index is 3.84. The van der Waals surface area contributed by atoms with Gasteiger partial charge in [-0.05, 0) is 25.4 Å². The Hall–Kier alpha value is 0.137. The van der Waals surface area contributed by atoms with E-state index in [9.17, 15) is 0 Å². The molecule has 0 aliphatic carbocycles. The first-order valence-electron chi connectivity index (χ1n) is 5.25. The summed E-state index contributed by atoms with van der Waals surface area (Å²) < 4.78 is 11.6. The molecule has 0 heterocycles. The van der Waals surface area contributed by atoms with E-state index in [-0.39, 0.29) is 0 Å². The predicted molar refractivity (Wildman–Crippen MR) is 58.9 cm³/mol. The van der Waals surface area contributed by atoms with Crippen molar-refractivity contribution in [3.8, 4) is 0 Å². The summed E-state index contributed by atoms with van der Waals surface area (Å²) in [6.45, 7) is 11.9. The van der Waals surface area contributed by atoms with Gasteiger partial charge in [0.25, 0.3) is 0 Å². The Morgan fingerprint density at radius 2 is 1.54 bits per heavy atom. The van der Waals surface area contributed by atoms with E-state index >= 15 is 0 Å². The van der Waals surface area contributed by atoms with Gasteiger partial charge in [0, 0.05) is 13.2 Å². The average Bonchev–Trinajstić information content (AvgIpc) is 2.12. The number of hydrogen-bond donors (Lipinski definition) is 0. The Morgan fingerprint density at radius 3 is 1.85 bits per heavy atom. The van der Waals surface area contributed by atoms with E-state index in [2.05, 4.69) is 27.3 Å². The van der Waals surface area contributed by atoms with Crippen LogP contribution in [0.4, 0.5) is 0 Å². The van der Waals surface area contributed by atoms with Crippen LogP contribution in [0.3, 0.4) is 0 Å². The highest BCUT2D eigenvalue weighted by Crippen LogP contribution is 2.16. The van der Waals surface area contributed by atoms with Gasteiger partial charge in [-0.25, -0.2) is 0 Å². The van der Waals surface area contributed by atoms with Crippen molar-refractivity contribution in [2.45, 2.75) is 45.7 Å². The lowest BCUT2D eigenvalue weighted by atomic mass is 10.5. The van der Waals surface area contributed by atoms with Crippen LogP contribution in [0, 0.1) is 6.92 Å². The van der Waals surface area contributed by atoms with Crippen molar-refractivity contribution >= 4 is 8.56 Å². The maximum Gasteiger partial charge on any atom is 0.334 e. The van der Waals surface area contributed by atoms with Crippen LogP contribution in [0.25, 0.3) is 0 Å². The quantitative estimate of drug-likeness (QED) is 0.564. The lowest BCUT2D eigenvalue weighted by molar-refractivity contribution is 0.173. The van der Waals surface area contributed by atoms with Gasteiger partial charge >= 0.3 is 8.56 Å². The molecule has 0 atom stereocenters. The zero-order valence-electron chi connectivity index (χ0n) is 9.27. The van der Waals surface area contributed by atoms with Crippen LogP contribution in [-0.4, -0.2) is 21.8 Å². The van der Waals surface area contributed by atoms with E-state index in [1.165, 1.54) is 0 Å². The van der Waals surface area contributed by atoms with Crippen LogP contribution in [0.2, 0.25) is 12.6 Å². The fourth-order valence-electron chi connectivity index (χ4n) is 1.14. The predicted octanol–water partition coefficient (Wildman–Crippen LogP) is 3.14. The van der Waals surface area contributed by atoms with Crippen molar-refractivity contribution in [1.82, 2.24) is 0 Å². The van der Waals surface area contributed by atoms with Gasteiger partial charge in [-0.3, -0.25) is 0 Å². The standard InChI is InChI=1S/C10H23O2Si/c1-5-8-11-13(4,10-7-3)12-9-6-2/h3,5-10H2,1-2,4H3. The Bertz CT molecular complexity index is 109. The first kappa shape index (κ1) is 13.1. The molecular weight excluding hydrogens is 180 g/mol. The van der Waals surface area contributed by atoms with Crippen molar-refractivity contribution < 1.29 is 8.85 Å². The first-order chi connectivity index (χ1) is 6.18. The highest BCUT2D eigenvalue weighted by atomic mass is 28.4. The van der Waals surface area contributed by atoms with E-state index in [0.29, 0.717) is 0 Å². The molecule has 2 nitrogen and oxygen atoms in total. The Kier molecular flexibility index (Phi) is 7.61.